The van der Waals surface area contributed by atoms with Gasteiger partial charge >= 0.3 is 0 Å². The van der Waals surface area contributed by atoms with E-state index < -0.39 is 5.54 Å². The van der Waals surface area contributed by atoms with Crippen LogP contribution in [-0.4, -0.2) is 41.5 Å². The third-order valence-corrected chi connectivity index (χ3v) is 3.36. The number of pyridine rings is 1. The van der Waals surface area contributed by atoms with Crippen LogP contribution < -0.4 is 4.90 Å². The van der Waals surface area contributed by atoms with E-state index >= 15 is 0 Å². The molecule has 5 nitrogen and oxygen atoms in total. The summed E-state index contributed by atoms with van der Waals surface area (Å²) < 4.78 is 0. The number of rotatable bonds is 1. The van der Waals surface area contributed by atoms with Crippen molar-refractivity contribution in [3.05, 3.63) is 23.9 Å². The highest BCUT2D eigenvalue weighted by Crippen LogP contribution is 2.26. The number of nitriles is 1. The van der Waals surface area contributed by atoms with E-state index in [2.05, 4.69) is 4.98 Å². The van der Waals surface area contributed by atoms with E-state index in [0.29, 0.717) is 12.1 Å². The first-order valence-corrected chi connectivity index (χ1v) is 5.86. The quantitative estimate of drug-likeness (QED) is 0.739. The molecule has 1 aliphatic heterocycles. The fraction of sp³-hybridized carbons (Fsp3) is 0.462. The molecule has 0 spiro atoms. The van der Waals surface area contributed by atoms with Crippen LogP contribution in [0, 0.1) is 11.3 Å². The fourth-order valence-electron chi connectivity index (χ4n) is 2.23. The van der Waals surface area contributed by atoms with Crippen molar-refractivity contribution >= 4 is 11.7 Å². The molecular weight excluding hydrogens is 228 g/mol. The average molecular weight is 244 g/mol. The maximum Gasteiger partial charge on any atom is 0.247 e. The molecule has 1 saturated heterocycles. The Kier molecular flexibility index (Phi) is 2.95. The third kappa shape index (κ3) is 1.90. The number of amides is 1. The van der Waals surface area contributed by atoms with Gasteiger partial charge in [-0.2, -0.15) is 5.26 Å². The van der Waals surface area contributed by atoms with Crippen LogP contribution in [0.4, 0.5) is 5.82 Å². The van der Waals surface area contributed by atoms with Crippen molar-refractivity contribution in [2.75, 3.05) is 25.0 Å². The van der Waals surface area contributed by atoms with Gasteiger partial charge in [-0.15, -0.1) is 0 Å². The Bertz CT molecular complexity index is 501. The number of nitrogens with zero attached hydrogens (tertiary/aromatic N) is 4. The maximum atomic E-state index is 12.2. The van der Waals surface area contributed by atoms with Gasteiger partial charge in [-0.25, -0.2) is 4.98 Å². The molecule has 1 aliphatic rings. The number of carbonyl (C=O) groups is 1. The lowest BCUT2D eigenvalue weighted by Gasteiger charge is -2.45. The van der Waals surface area contributed by atoms with Crippen LogP contribution >= 0.6 is 0 Å². The van der Waals surface area contributed by atoms with Crippen molar-refractivity contribution in [1.82, 2.24) is 9.88 Å². The van der Waals surface area contributed by atoms with Gasteiger partial charge < -0.3 is 9.80 Å². The molecule has 1 fully saturated rings. The van der Waals surface area contributed by atoms with Gasteiger partial charge in [0.05, 0.1) is 5.56 Å². The van der Waals surface area contributed by atoms with Crippen molar-refractivity contribution in [3.8, 4) is 6.07 Å². The van der Waals surface area contributed by atoms with Gasteiger partial charge in [-0.1, -0.05) is 0 Å². The summed E-state index contributed by atoms with van der Waals surface area (Å²) in [6, 6.07) is 5.55. The first kappa shape index (κ1) is 12.4. The molecule has 18 heavy (non-hydrogen) atoms. The molecule has 0 N–H and O–H groups in total. The second kappa shape index (κ2) is 4.30. The van der Waals surface area contributed by atoms with Gasteiger partial charge in [-0.05, 0) is 26.0 Å². The molecule has 0 saturated carbocycles. The zero-order chi connectivity index (χ0) is 13.3. The predicted octanol–water partition coefficient (Wildman–Crippen LogP) is 1.01. The van der Waals surface area contributed by atoms with Gasteiger partial charge in [0.15, 0.2) is 0 Å². The van der Waals surface area contributed by atoms with Crippen LogP contribution in [0.15, 0.2) is 18.3 Å². The summed E-state index contributed by atoms with van der Waals surface area (Å²) in [6.07, 6.45) is 1.54. The van der Waals surface area contributed by atoms with Crippen molar-refractivity contribution in [2.45, 2.75) is 19.4 Å². The number of hydrogen-bond donors (Lipinski definition) is 0. The van der Waals surface area contributed by atoms with Crippen LogP contribution in [0.25, 0.3) is 0 Å². The molecule has 2 rings (SSSR count). The molecule has 1 aromatic heterocycles. The van der Waals surface area contributed by atoms with E-state index in [9.17, 15) is 4.79 Å². The lowest BCUT2D eigenvalue weighted by atomic mass is 9.98. The second-order valence-electron chi connectivity index (χ2n) is 4.95. The van der Waals surface area contributed by atoms with Crippen molar-refractivity contribution in [2.24, 2.45) is 0 Å². The van der Waals surface area contributed by atoms with E-state index in [-0.39, 0.29) is 5.91 Å². The Balaban J connectivity index is 2.32. The Morgan fingerprint density at radius 3 is 2.67 bits per heavy atom. The molecule has 2 heterocycles. The van der Waals surface area contributed by atoms with Gasteiger partial charge in [-0.3, -0.25) is 4.79 Å². The summed E-state index contributed by atoms with van der Waals surface area (Å²) in [5, 5.41) is 8.75. The highest BCUT2D eigenvalue weighted by Gasteiger charge is 2.40. The summed E-state index contributed by atoms with van der Waals surface area (Å²) in [7, 11) is 1.81. The minimum atomic E-state index is -0.603. The van der Waals surface area contributed by atoms with Gasteiger partial charge in [0.2, 0.25) is 5.91 Å². The molecule has 94 valence electrons. The summed E-state index contributed by atoms with van der Waals surface area (Å²) in [6.45, 7) is 5.22. The Morgan fingerprint density at radius 2 is 2.11 bits per heavy atom. The van der Waals surface area contributed by atoms with E-state index in [1.54, 1.807) is 17.0 Å². The van der Waals surface area contributed by atoms with Crippen LogP contribution in [-0.2, 0) is 4.79 Å². The average Bonchev–Trinajstić information content (AvgIpc) is 2.36. The molecular formula is C13H16N4O. The summed E-state index contributed by atoms with van der Waals surface area (Å²) in [4.78, 5) is 20.1. The maximum absolute atomic E-state index is 12.2. The normalized spacial score (nSPS) is 18.7. The van der Waals surface area contributed by atoms with Crippen LogP contribution in [0.3, 0.4) is 0 Å². The number of hydrogen-bond acceptors (Lipinski definition) is 4. The molecule has 0 unspecified atom stereocenters. The smallest absolute Gasteiger partial charge is 0.247 e. The van der Waals surface area contributed by atoms with Crippen LogP contribution in [0.2, 0.25) is 0 Å². The second-order valence-corrected chi connectivity index (χ2v) is 4.95. The zero-order valence-electron chi connectivity index (χ0n) is 10.8. The van der Waals surface area contributed by atoms with Crippen molar-refractivity contribution < 1.29 is 4.79 Å². The van der Waals surface area contributed by atoms with Gasteiger partial charge in [0.25, 0.3) is 0 Å². The van der Waals surface area contributed by atoms with E-state index in [1.807, 2.05) is 31.9 Å². The lowest BCUT2D eigenvalue weighted by molar-refractivity contribution is -0.136. The van der Waals surface area contributed by atoms with E-state index in [1.165, 1.54) is 6.20 Å². The molecule has 1 aromatic rings. The van der Waals surface area contributed by atoms with Crippen molar-refractivity contribution in [1.29, 1.82) is 5.26 Å². The summed E-state index contributed by atoms with van der Waals surface area (Å²) in [5.41, 5.74) is -0.0780. The van der Waals surface area contributed by atoms with Crippen LogP contribution in [0.5, 0.6) is 0 Å². The minimum Gasteiger partial charge on any atom is -0.342 e. The Morgan fingerprint density at radius 1 is 1.39 bits per heavy atom. The molecule has 5 heteroatoms. The fourth-order valence-corrected chi connectivity index (χ4v) is 2.23. The monoisotopic (exact) mass is 244 g/mol. The van der Waals surface area contributed by atoms with Gasteiger partial charge in [0, 0.05) is 26.3 Å². The highest BCUT2D eigenvalue weighted by molar-refractivity contribution is 5.90. The topological polar surface area (TPSA) is 60.2 Å². The first-order valence-electron chi connectivity index (χ1n) is 5.86. The summed E-state index contributed by atoms with van der Waals surface area (Å²) in [5.74, 6) is 0.820. The molecule has 0 radical (unpaired) electrons. The molecule has 0 aromatic carbocycles. The number of anilines is 1. The predicted molar refractivity (Wildman–Crippen MR) is 68.0 cm³/mol. The number of piperazine rings is 1. The highest BCUT2D eigenvalue weighted by atomic mass is 16.2. The molecule has 0 atom stereocenters. The van der Waals surface area contributed by atoms with E-state index in [4.69, 9.17) is 5.26 Å². The van der Waals surface area contributed by atoms with E-state index in [0.717, 1.165) is 12.4 Å². The van der Waals surface area contributed by atoms with Crippen LogP contribution in [0.1, 0.15) is 19.4 Å². The summed E-state index contributed by atoms with van der Waals surface area (Å²) >= 11 is 0. The van der Waals surface area contributed by atoms with Crippen molar-refractivity contribution in [3.63, 3.8) is 0 Å². The SMILES string of the molecule is CN1CCN(c2ccc(C#N)cn2)C(C)(C)C1=O. The Hall–Kier alpha value is -2.09. The number of carbonyl (C=O) groups excluding carboxylic acids is 1. The third-order valence-electron chi connectivity index (χ3n) is 3.36. The number of aromatic nitrogens is 1. The zero-order valence-corrected chi connectivity index (χ0v) is 10.8. The standard InChI is InChI=1S/C13H16N4O/c1-13(2)12(18)16(3)6-7-17(13)11-5-4-10(8-14)9-15-11/h4-5,9H,6-7H2,1-3H3. The first-order chi connectivity index (χ1) is 8.46. The lowest BCUT2D eigenvalue weighted by Crippen LogP contribution is -2.62. The molecule has 0 bridgehead atoms. The molecule has 1 amide bonds. The molecule has 0 aliphatic carbocycles. The van der Waals surface area contributed by atoms with Gasteiger partial charge in [0.1, 0.15) is 17.4 Å². The minimum absolute atomic E-state index is 0.0832. The largest absolute Gasteiger partial charge is 0.342 e. The number of likely N-dealkylation sites (N-methyl/N-ethyl adjacent to an activating group) is 1. The Labute approximate surface area is 107 Å².